The Morgan fingerprint density at radius 2 is 1.95 bits per heavy atom. The number of aliphatic carboxylic acids is 1. The third-order valence-corrected chi connectivity index (χ3v) is 2.93. The number of carbonyl (C=O) groups is 2. The number of amides is 1. The standard InChI is InChI=1S/C14H23NO4/c1-14(2,3)19-9-8-11(13(17)18)15-12(16)10-6-4-5-7-10/h4-5,10-11H,6-9H2,1-3H3,(H,15,16)(H,17,18). The van der Waals surface area contributed by atoms with Gasteiger partial charge in [0.15, 0.2) is 0 Å². The van der Waals surface area contributed by atoms with Crippen molar-refractivity contribution in [3.8, 4) is 0 Å². The van der Waals surface area contributed by atoms with Gasteiger partial charge in [-0.3, -0.25) is 4.79 Å². The number of allylic oxidation sites excluding steroid dienone is 2. The molecule has 0 aromatic carbocycles. The summed E-state index contributed by atoms with van der Waals surface area (Å²) in [4.78, 5) is 23.0. The number of hydrogen-bond donors (Lipinski definition) is 2. The van der Waals surface area contributed by atoms with Crippen molar-refractivity contribution in [3.63, 3.8) is 0 Å². The van der Waals surface area contributed by atoms with Gasteiger partial charge in [0.2, 0.25) is 5.91 Å². The van der Waals surface area contributed by atoms with Crippen molar-refractivity contribution < 1.29 is 19.4 Å². The average molecular weight is 269 g/mol. The van der Waals surface area contributed by atoms with E-state index in [0.29, 0.717) is 19.4 Å². The van der Waals surface area contributed by atoms with Crippen molar-refractivity contribution in [1.82, 2.24) is 5.32 Å². The lowest BCUT2D eigenvalue weighted by molar-refractivity contribution is -0.143. The molecule has 5 heteroatoms. The van der Waals surface area contributed by atoms with Crippen molar-refractivity contribution in [2.45, 2.75) is 51.7 Å². The fourth-order valence-corrected chi connectivity index (χ4v) is 1.86. The second kappa shape index (κ2) is 6.70. The molecule has 0 fully saturated rings. The predicted molar refractivity (Wildman–Crippen MR) is 71.8 cm³/mol. The summed E-state index contributed by atoms with van der Waals surface area (Å²) in [7, 11) is 0. The van der Waals surface area contributed by atoms with E-state index in [4.69, 9.17) is 9.84 Å². The van der Waals surface area contributed by atoms with Crippen LogP contribution in [0.25, 0.3) is 0 Å². The lowest BCUT2D eigenvalue weighted by Crippen LogP contribution is -2.44. The van der Waals surface area contributed by atoms with Gasteiger partial charge in [0.25, 0.3) is 0 Å². The van der Waals surface area contributed by atoms with E-state index in [-0.39, 0.29) is 23.8 Å². The van der Waals surface area contributed by atoms with Crippen LogP contribution in [0.3, 0.4) is 0 Å². The Morgan fingerprint density at radius 1 is 1.37 bits per heavy atom. The molecule has 108 valence electrons. The summed E-state index contributed by atoms with van der Waals surface area (Å²) in [5.41, 5.74) is -0.303. The molecule has 0 spiro atoms. The molecule has 0 bridgehead atoms. The fourth-order valence-electron chi connectivity index (χ4n) is 1.86. The molecule has 19 heavy (non-hydrogen) atoms. The van der Waals surface area contributed by atoms with Crippen LogP contribution in [0.15, 0.2) is 12.2 Å². The van der Waals surface area contributed by atoms with E-state index in [0.717, 1.165) is 0 Å². The largest absolute Gasteiger partial charge is 0.480 e. The summed E-state index contributed by atoms with van der Waals surface area (Å²) >= 11 is 0. The maximum Gasteiger partial charge on any atom is 0.326 e. The highest BCUT2D eigenvalue weighted by Gasteiger charge is 2.25. The smallest absolute Gasteiger partial charge is 0.326 e. The first-order chi connectivity index (χ1) is 8.79. The zero-order valence-electron chi connectivity index (χ0n) is 11.8. The Bertz CT molecular complexity index is 349. The molecule has 0 saturated heterocycles. The molecule has 0 saturated carbocycles. The van der Waals surface area contributed by atoms with Gasteiger partial charge in [-0.1, -0.05) is 12.2 Å². The second-order valence-electron chi connectivity index (χ2n) is 5.79. The van der Waals surface area contributed by atoms with Crippen LogP contribution in [0.4, 0.5) is 0 Å². The molecule has 1 unspecified atom stereocenters. The number of carboxylic acid groups (broad SMARTS) is 1. The first-order valence-corrected chi connectivity index (χ1v) is 6.62. The van der Waals surface area contributed by atoms with Gasteiger partial charge in [-0.25, -0.2) is 4.79 Å². The van der Waals surface area contributed by atoms with Gasteiger partial charge in [0, 0.05) is 18.9 Å². The number of hydrogen-bond acceptors (Lipinski definition) is 3. The highest BCUT2D eigenvalue weighted by Crippen LogP contribution is 2.18. The van der Waals surface area contributed by atoms with E-state index in [1.54, 1.807) is 0 Å². The number of carboxylic acids is 1. The second-order valence-corrected chi connectivity index (χ2v) is 5.79. The highest BCUT2D eigenvalue weighted by atomic mass is 16.5. The lowest BCUT2D eigenvalue weighted by Gasteiger charge is -2.22. The Kier molecular flexibility index (Phi) is 5.54. The third kappa shape index (κ3) is 5.87. The van der Waals surface area contributed by atoms with E-state index in [1.807, 2.05) is 32.9 Å². The zero-order chi connectivity index (χ0) is 14.5. The summed E-state index contributed by atoms with van der Waals surface area (Å²) in [6, 6.07) is -0.879. The number of ether oxygens (including phenoxy) is 1. The molecule has 1 amide bonds. The average Bonchev–Trinajstić information content (AvgIpc) is 2.78. The molecule has 0 radical (unpaired) electrons. The number of carbonyl (C=O) groups excluding carboxylic acids is 1. The van der Waals surface area contributed by atoms with Crippen LogP contribution in [0.2, 0.25) is 0 Å². The van der Waals surface area contributed by atoms with E-state index in [2.05, 4.69) is 5.32 Å². The third-order valence-electron chi connectivity index (χ3n) is 2.93. The maximum absolute atomic E-state index is 11.9. The normalized spacial score (nSPS) is 17.4. The monoisotopic (exact) mass is 269 g/mol. The topological polar surface area (TPSA) is 75.6 Å². The van der Waals surface area contributed by atoms with E-state index in [1.165, 1.54) is 0 Å². The molecule has 5 nitrogen and oxygen atoms in total. The summed E-state index contributed by atoms with van der Waals surface area (Å²) in [5, 5.41) is 11.7. The lowest BCUT2D eigenvalue weighted by atomic mass is 10.1. The van der Waals surface area contributed by atoms with Crippen LogP contribution in [0, 0.1) is 5.92 Å². The van der Waals surface area contributed by atoms with Crippen molar-refractivity contribution in [2.75, 3.05) is 6.61 Å². The van der Waals surface area contributed by atoms with Crippen molar-refractivity contribution in [3.05, 3.63) is 12.2 Å². The molecule has 1 atom stereocenters. The van der Waals surface area contributed by atoms with Crippen LogP contribution in [-0.4, -0.2) is 35.2 Å². The van der Waals surface area contributed by atoms with Crippen molar-refractivity contribution >= 4 is 11.9 Å². The molecule has 1 rings (SSSR count). The van der Waals surface area contributed by atoms with Gasteiger partial charge in [-0.05, 0) is 33.6 Å². The minimum Gasteiger partial charge on any atom is -0.480 e. The molecule has 1 aliphatic carbocycles. The summed E-state index contributed by atoms with van der Waals surface area (Å²) in [6.45, 7) is 6.03. The Morgan fingerprint density at radius 3 is 2.42 bits per heavy atom. The van der Waals surface area contributed by atoms with Gasteiger partial charge < -0.3 is 15.2 Å². The number of nitrogens with one attached hydrogen (secondary N) is 1. The quantitative estimate of drug-likeness (QED) is 0.720. The molecule has 0 aliphatic heterocycles. The molecular weight excluding hydrogens is 246 g/mol. The van der Waals surface area contributed by atoms with Gasteiger partial charge in [0.1, 0.15) is 6.04 Å². The van der Waals surface area contributed by atoms with Crippen molar-refractivity contribution in [2.24, 2.45) is 5.92 Å². The zero-order valence-corrected chi connectivity index (χ0v) is 11.8. The SMILES string of the molecule is CC(C)(C)OCCC(NC(=O)C1CC=CC1)C(=O)O. The molecular formula is C14H23NO4. The molecule has 0 heterocycles. The fraction of sp³-hybridized carbons (Fsp3) is 0.714. The summed E-state index contributed by atoms with van der Waals surface area (Å²) in [5.74, 6) is -1.32. The predicted octanol–water partition coefficient (Wildman–Crippen LogP) is 1.73. The minimum atomic E-state index is -1.02. The van der Waals surface area contributed by atoms with Crippen LogP contribution in [0.5, 0.6) is 0 Å². The maximum atomic E-state index is 11.9. The molecule has 2 N–H and O–H groups in total. The van der Waals surface area contributed by atoms with E-state index < -0.39 is 12.0 Å². The summed E-state index contributed by atoms with van der Waals surface area (Å²) in [6.07, 6.45) is 5.55. The van der Waals surface area contributed by atoms with Gasteiger partial charge in [0.05, 0.1) is 5.60 Å². The van der Waals surface area contributed by atoms with Gasteiger partial charge in [-0.2, -0.15) is 0 Å². The first-order valence-electron chi connectivity index (χ1n) is 6.62. The summed E-state index contributed by atoms with van der Waals surface area (Å²) < 4.78 is 5.49. The van der Waals surface area contributed by atoms with Crippen LogP contribution < -0.4 is 5.32 Å². The Labute approximate surface area is 114 Å². The van der Waals surface area contributed by atoms with Crippen LogP contribution in [0.1, 0.15) is 40.0 Å². The van der Waals surface area contributed by atoms with Crippen LogP contribution in [-0.2, 0) is 14.3 Å². The molecule has 0 aromatic rings. The van der Waals surface area contributed by atoms with Gasteiger partial charge in [-0.15, -0.1) is 0 Å². The molecule has 1 aliphatic rings. The first kappa shape index (κ1) is 15.7. The van der Waals surface area contributed by atoms with Crippen LogP contribution >= 0.6 is 0 Å². The van der Waals surface area contributed by atoms with Crippen molar-refractivity contribution in [1.29, 1.82) is 0 Å². The Balaban J connectivity index is 2.40. The van der Waals surface area contributed by atoms with E-state index in [9.17, 15) is 9.59 Å². The number of rotatable bonds is 6. The molecule has 0 aromatic heterocycles. The minimum absolute atomic E-state index is 0.120. The van der Waals surface area contributed by atoms with E-state index >= 15 is 0 Å². The van der Waals surface area contributed by atoms with Gasteiger partial charge >= 0.3 is 5.97 Å². The highest BCUT2D eigenvalue weighted by molar-refractivity contribution is 5.85. The Hall–Kier alpha value is -1.36.